The molecule has 3 N–H and O–H groups in total. The van der Waals surface area contributed by atoms with Gasteiger partial charge in [-0.2, -0.15) is 0 Å². The molecule has 1 heterocycles. The van der Waals surface area contributed by atoms with Crippen LogP contribution in [0.1, 0.15) is 72.1 Å². The van der Waals surface area contributed by atoms with Crippen LogP contribution in [0.2, 0.25) is 0 Å². The Balaban J connectivity index is 1.51. The molecule has 4 heteroatoms. The molecule has 0 aromatic heterocycles. The quantitative estimate of drug-likeness (QED) is 0.820. The zero-order valence-electron chi connectivity index (χ0n) is 16.0. The minimum atomic E-state index is 0.169. The maximum absolute atomic E-state index is 12.9. The average Bonchev–Trinajstić information content (AvgIpc) is 2.88. The number of allylic oxidation sites excluding steroid dienone is 2. The van der Waals surface area contributed by atoms with Crippen LogP contribution in [0, 0.1) is 22.7 Å². The summed E-state index contributed by atoms with van der Waals surface area (Å²) < 4.78 is 0. The van der Waals surface area contributed by atoms with E-state index in [0.29, 0.717) is 23.7 Å². The molecule has 0 amide bonds. The third-order valence-corrected chi connectivity index (χ3v) is 8.18. The Morgan fingerprint density at radius 1 is 1.28 bits per heavy atom. The summed E-state index contributed by atoms with van der Waals surface area (Å²) in [5, 5.41) is 3.28. The van der Waals surface area contributed by atoms with Crippen molar-refractivity contribution in [3.8, 4) is 0 Å². The summed E-state index contributed by atoms with van der Waals surface area (Å²) in [5.41, 5.74) is 9.02. The molecule has 3 aliphatic carbocycles. The van der Waals surface area contributed by atoms with E-state index in [1.807, 2.05) is 0 Å². The molecule has 25 heavy (non-hydrogen) atoms. The van der Waals surface area contributed by atoms with E-state index in [1.165, 1.54) is 24.8 Å². The second-order valence-corrected chi connectivity index (χ2v) is 9.42. The molecule has 4 nitrogen and oxygen atoms in total. The molecule has 0 unspecified atom stereocenters. The predicted molar refractivity (Wildman–Crippen MR) is 101 cm³/mol. The highest BCUT2D eigenvalue weighted by Crippen LogP contribution is 2.72. The minimum Gasteiger partial charge on any atom is -0.370 e. The van der Waals surface area contributed by atoms with Crippen molar-refractivity contribution in [2.24, 2.45) is 33.4 Å². The number of nitrogens with zero attached hydrogens (tertiary/aromatic N) is 1. The zero-order chi connectivity index (χ0) is 17.8. The van der Waals surface area contributed by atoms with Gasteiger partial charge in [0, 0.05) is 24.4 Å². The number of nitrogens with one attached hydrogen (secondary N) is 1. The molecule has 4 aliphatic rings. The van der Waals surface area contributed by atoms with Crippen molar-refractivity contribution in [2.75, 3.05) is 6.54 Å². The number of rotatable bonds is 4. The van der Waals surface area contributed by atoms with Crippen molar-refractivity contribution in [3.63, 3.8) is 0 Å². The van der Waals surface area contributed by atoms with E-state index < -0.39 is 0 Å². The molecule has 1 aliphatic heterocycles. The van der Waals surface area contributed by atoms with Gasteiger partial charge in [0.05, 0.1) is 0 Å². The summed E-state index contributed by atoms with van der Waals surface area (Å²) >= 11 is 0. The van der Waals surface area contributed by atoms with Gasteiger partial charge in [-0.05, 0) is 67.8 Å². The fourth-order valence-electron chi connectivity index (χ4n) is 6.66. The summed E-state index contributed by atoms with van der Waals surface area (Å²) in [4.78, 5) is 17.1. The molecule has 0 aromatic carbocycles. The predicted octanol–water partition coefficient (Wildman–Crippen LogP) is 3.57. The number of fused-ring (bicyclic) bond motifs is 1. The van der Waals surface area contributed by atoms with Crippen molar-refractivity contribution in [1.82, 2.24) is 5.32 Å². The summed E-state index contributed by atoms with van der Waals surface area (Å²) in [6.45, 7) is 8.09. The highest BCUT2D eigenvalue weighted by molar-refractivity contribution is 6.00. The summed E-state index contributed by atoms with van der Waals surface area (Å²) in [5.74, 6) is 2.45. The van der Waals surface area contributed by atoms with Crippen molar-refractivity contribution >= 4 is 11.7 Å². The first-order valence-electron chi connectivity index (χ1n) is 10.2. The Morgan fingerprint density at radius 2 is 2.08 bits per heavy atom. The van der Waals surface area contributed by atoms with Gasteiger partial charge in [-0.25, -0.2) is 0 Å². The lowest BCUT2D eigenvalue weighted by molar-refractivity contribution is -0.119. The molecular formula is C21H33N3O. The van der Waals surface area contributed by atoms with E-state index in [-0.39, 0.29) is 10.8 Å². The van der Waals surface area contributed by atoms with Gasteiger partial charge in [0.1, 0.15) is 0 Å². The Bertz CT molecular complexity index is 648. The fraction of sp³-hybridized carbons (Fsp3) is 0.810. The Labute approximate surface area is 151 Å². The molecule has 2 bridgehead atoms. The number of Topliss-reactive ketones (excluding diaryl/α,β-unsaturated/α-hetero) is 1. The second kappa shape index (κ2) is 5.85. The van der Waals surface area contributed by atoms with Crippen LogP contribution >= 0.6 is 0 Å². The normalized spacial score (nSPS) is 39.2. The van der Waals surface area contributed by atoms with Crippen LogP contribution in [0.25, 0.3) is 0 Å². The Morgan fingerprint density at radius 3 is 2.84 bits per heavy atom. The number of carbonyl (C=O) groups is 1. The lowest BCUT2D eigenvalue weighted by Gasteiger charge is -2.51. The highest BCUT2D eigenvalue weighted by Gasteiger charge is 2.65. The van der Waals surface area contributed by atoms with Gasteiger partial charge in [0.2, 0.25) is 0 Å². The van der Waals surface area contributed by atoms with Crippen LogP contribution in [0.4, 0.5) is 0 Å². The van der Waals surface area contributed by atoms with Crippen LogP contribution in [0.15, 0.2) is 16.1 Å². The van der Waals surface area contributed by atoms with Gasteiger partial charge in [-0.1, -0.05) is 26.3 Å². The summed E-state index contributed by atoms with van der Waals surface area (Å²) in [7, 11) is 0. The number of hydrogen-bond acceptors (Lipinski definition) is 4. The molecular weight excluding hydrogens is 310 g/mol. The van der Waals surface area contributed by atoms with Crippen molar-refractivity contribution < 1.29 is 4.79 Å². The average molecular weight is 344 g/mol. The molecule has 2 fully saturated rings. The van der Waals surface area contributed by atoms with Crippen molar-refractivity contribution in [2.45, 2.75) is 78.2 Å². The standard InChI is InChI=1S/C21H33N3O/c1-13-7-8-14-11-17-16(18(25)12-21(13,17)20(14,2)3)6-4-5-15-9-10-23-19(22)24-15/h13-15H,4-12H2,1-3H3,(H3,22,23,24)/t13-,14-,15+,21+/m1/s1. The van der Waals surface area contributed by atoms with Crippen LogP contribution in [0.3, 0.4) is 0 Å². The number of ketones is 1. The van der Waals surface area contributed by atoms with Crippen molar-refractivity contribution in [3.05, 3.63) is 11.1 Å². The van der Waals surface area contributed by atoms with E-state index in [0.717, 1.165) is 44.6 Å². The number of guanidine groups is 1. The summed E-state index contributed by atoms with van der Waals surface area (Å²) in [6.07, 6.45) is 8.76. The molecule has 0 aromatic rings. The van der Waals surface area contributed by atoms with Gasteiger partial charge in [-0.3, -0.25) is 9.79 Å². The van der Waals surface area contributed by atoms with Gasteiger partial charge in [-0.15, -0.1) is 0 Å². The molecule has 0 radical (unpaired) electrons. The number of carbonyl (C=O) groups excluding carboxylic acids is 1. The SMILES string of the molecule is C[C@@H]1CC[C@@H]2CC3=C(CCC[C@H]4CCN=C(N)N4)C(=O)C[C@@]31C2(C)C. The van der Waals surface area contributed by atoms with E-state index in [9.17, 15) is 4.79 Å². The van der Waals surface area contributed by atoms with Crippen LogP contribution < -0.4 is 11.1 Å². The number of nitrogens with two attached hydrogens (primary N) is 1. The molecule has 4 atom stereocenters. The second-order valence-electron chi connectivity index (χ2n) is 9.42. The van der Waals surface area contributed by atoms with Gasteiger partial charge >= 0.3 is 0 Å². The molecule has 2 saturated carbocycles. The highest BCUT2D eigenvalue weighted by atomic mass is 16.1. The third-order valence-electron chi connectivity index (χ3n) is 8.18. The lowest BCUT2D eigenvalue weighted by atomic mass is 9.53. The smallest absolute Gasteiger partial charge is 0.188 e. The summed E-state index contributed by atoms with van der Waals surface area (Å²) in [6, 6.07) is 0.423. The first-order valence-corrected chi connectivity index (χ1v) is 10.2. The maximum atomic E-state index is 12.9. The first-order chi connectivity index (χ1) is 11.9. The van der Waals surface area contributed by atoms with E-state index in [2.05, 4.69) is 31.1 Å². The largest absolute Gasteiger partial charge is 0.370 e. The van der Waals surface area contributed by atoms with Crippen LogP contribution in [0.5, 0.6) is 0 Å². The van der Waals surface area contributed by atoms with Crippen LogP contribution in [-0.2, 0) is 4.79 Å². The number of hydrogen-bond donors (Lipinski definition) is 2. The molecule has 138 valence electrons. The Hall–Kier alpha value is -1.32. The lowest BCUT2D eigenvalue weighted by Crippen LogP contribution is -2.45. The first kappa shape index (κ1) is 17.1. The van der Waals surface area contributed by atoms with E-state index >= 15 is 0 Å². The minimum absolute atomic E-state index is 0.169. The topological polar surface area (TPSA) is 67.5 Å². The van der Waals surface area contributed by atoms with Gasteiger partial charge < -0.3 is 11.1 Å². The molecule has 1 spiro atoms. The van der Waals surface area contributed by atoms with E-state index in [1.54, 1.807) is 5.57 Å². The van der Waals surface area contributed by atoms with Gasteiger partial charge in [0.15, 0.2) is 11.7 Å². The fourth-order valence-corrected chi connectivity index (χ4v) is 6.66. The van der Waals surface area contributed by atoms with Crippen LogP contribution in [-0.4, -0.2) is 24.3 Å². The zero-order valence-corrected chi connectivity index (χ0v) is 16.0. The molecule has 4 rings (SSSR count). The Kier molecular flexibility index (Phi) is 4.01. The van der Waals surface area contributed by atoms with Gasteiger partial charge in [0.25, 0.3) is 0 Å². The third kappa shape index (κ3) is 2.39. The maximum Gasteiger partial charge on any atom is 0.188 e. The molecule has 0 saturated heterocycles. The monoisotopic (exact) mass is 343 g/mol. The van der Waals surface area contributed by atoms with Crippen molar-refractivity contribution in [1.29, 1.82) is 0 Å². The number of aliphatic imine (C=N–C) groups is 1. The van der Waals surface area contributed by atoms with E-state index in [4.69, 9.17) is 5.73 Å².